The van der Waals surface area contributed by atoms with Crippen LogP contribution in [-0.2, 0) is 25.0 Å². The molecule has 0 aromatic heterocycles. The first-order valence-corrected chi connectivity index (χ1v) is 11.4. The van der Waals surface area contributed by atoms with E-state index in [2.05, 4.69) is 10.0 Å². The Kier molecular flexibility index (Phi) is 4.92. The Hall–Kier alpha value is -2.71. The van der Waals surface area contributed by atoms with E-state index in [1.165, 1.54) is 0 Å². The Morgan fingerprint density at radius 3 is 2.59 bits per heavy atom. The molecule has 152 valence electrons. The quantitative estimate of drug-likeness (QED) is 0.781. The summed E-state index contributed by atoms with van der Waals surface area (Å²) in [5.74, 6) is -0.277. The van der Waals surface area contributed by atoms with Crippen molar-refractivity contribution in [2.45, 2.75) is 24.3 Å². The van der Waals surface area contributed by atoms with Crippen molar-refractivity contribution in [1.29, 1.82) is 0 Å². The van der Waals surface area contributed by atoms with Gasteiger partial charge in [-0.1, -0.05) is 48.5 Å². The molecular formula is C21H23N3O4S. The van der Waals surface area contributed by atoms with Gasteiger partial charge in [-0.05, 0) is 23.6 Å². The third-order valence-corrected chi connectivity index (χ3v) is 6.45. The normalized spacial score (nSPS) is 23.3. The molecule has 1 fully saturated rings. The number of likely N-dealkylation sites (tertiary alicyclic amines) is 1. The van der Waals surface area contributed by atoms with Crippen molar-refractivity contribution < 1.29 is 18.0 Å². The van der Waals surface area contributed by atoms with E-state index in [9.17, 15) is 18.0 Å². The van der Waals surface area contributed by atoms with Crippen molar-refractivity contribution in [3.63, 3.8) is 0 Å². The number of sulfonamides is 1. The lowest BCUT2D eigenvalue weighted by Gasteiger charge is -2.34. The minimum atomic E-state index is -3.36. The number of rotatable bonds is 5. The van der Waals surface area contributed by atoms with Gasteiger partial charge in [0.15, 0.2) is 0 Å². The summed E-state index contributed by atoms with van der Waals surface area (Å²) in [6.07, 6.45) is 1.62. The van der Waals surface area contributed by atoms with E-state index in [1.54, 1.807) is 4.90 Å². The Morgan fingerprint density at radius 2 is 1.86 bits per heavy atom. The number of nitrogens with zero attached hydrogens (tertiary/aromatic N) is 1. The second-order valence-electron chi connectivity index (χ2n) is 7.54. The third-order valence-electron chi connectivity index (χ3n) is 5.73. The van der Waals surface area contributed by atoms with Crippen LogP contribution in [-0.4, -0.2) is 44.5 Å². The van der Waals surface area contributed by atoms with Crippen molar-refractivity contribution in [2.75, 3.05) is 24.7 Å². The fourth-order valence-corrected chi connectivity index (χ4v) is 5.01. The van der Waals surface area contributed by atoms with Gasteiger partial charge in [0.05, 0.1) is 12.3 Å². The van der Waals surface area contributed by atoms with Gasteiger partial charge in [-0.3, -0.25) is 9.59 Å². The van der Waals surface area contributed by atoms with Crippen molar-refractivity contribution in [1.82, 2.24) is 9.62 Å². The molecule has 1 saturated heterocycles. The number of amides is 2. The number of carbonyl (C=O) groups excluding carboxylic acids is 2. The van der Waals surface area contributed by atoms with Gasteiger partial charge in [0, 0.05) is 25.2 Å². The average molecular weight is 413 g/mol. The fraction of sp³-hybridized carbons (Fsp3) is 0.333. The van der Waals surface area contributed by atoms with E-state index in [-0.39, 0.29) is 24.8 Å². The van der Waals surface area contributed by atoms with Crippen LogP contribution in [0.4, 0.5) is 5.69 Å². The maximum atomic E-state index is 13.2. The molecule has 0 radical (unpaired) electrons. The SMILES string of the molecule is CS(=O)(=O)NCCC(=O)N1CC[C@]2(C(=O)Nc3ccccc32)[C@@H]1c1ccccc1. The zero-order valence-electron chi connectivity index (χ0n) is 16.1. The first kappa shape index (κ1) is 19.6. The highest BCUT2D eigenvalue weighted by molar-refractivity contribution is 7.88. The van der Waals surface area contributed by atoms with E-state index in [1.807, 2.05) is 54.6 Å². The van der Waals surface area contributed by atoms with Gasteiger partial charge in [-0.2, -0.15) is 0 Å². The number of hydrogen-bond donors (Lipinski definition) is 2. The molecule has 2 aliphatic heterocycles. The van der Waals surface area contributed by atoms with Crippen LogP contribution in [0.2, 0.25) is 0 Å². The fourth-order valence-electron chi connectivity index (χ4n) is 4.54. The average Bonchev–Trinajstić information content (AvgIpc) is 3.21. The zero-order valence-corrected chi connectivity index (χ0v) is 16.9. The third kappa shape index (κ3) is 3.42. The Morgan fingerprint density at radius 1 is 1.17 bits per heavy atom. The summed E-state index contributed by atoms with van der Waals surface area (Å²) >= 11 is 0. The molecule has 2 aromatic rings. The van der Waals surface area contributed by atoms with Crippen LogP contribution in [0.1, 0.15) is 30.0 Å². The molecule has 29 heavy (non-hydrogen) atoms. The van der Waals surface area contributed by atoms with Crippen LogP contribution in [0.25, 0.3) is 0 Å². The van der Waals surface area contributed by atoms with E-state index in [0.717, 1.165) is 23.1 Å². The molecule has 2 heterocycles. The van der Waals surface area contributed by atoms with Gasteiger partial charge >= 0.3 is 0 Å². The predicted octanol–water partition coefficient (Wildman–Crippen LogP) is 1.79. The maximum absolute atomic E-state index is 13.2. The summed E-state index contributed by atoms with van der Waals surface area (Å²) in [5, 5.41) is 2.98. The molecule has 0 saturated carbocycles. The Balaban J connectivity index is 1.71. The van der Waals surface area contributed by atoms with Crippen molar-refractivity contribution in [2.24, 2.45) is 0 Å². The first-order valence-electron chi connectivity index (χ1n) is 9.53. The minimum absolute atomic E-state index is 0.0332. The van der Waals surface area contributed by atoms with E-state index < -0.39 is 21.5 Å². The molecule has 2 amide bonds. The molecule has 2 aliphatic rings. The van der Waals surface area contributed by atoms with Crippen LogP contribution in [0.5, 0.6) is 0 Å². The Bertz CT molecular complexity index is 1050. The van der Waals surface area contributed by atoms with Crippen LogP contribution in [0.15, 0.2) is 54.6 Å². The maximum Gasteiger partial charge on any atom is 0.237 e. The van der Waals surface area contributed by atoms with Gasteiger partial charge in [0.1, 0.15) is 5.41 Å². The monoisotopic (exact) mass is 413 g/mol. The molecule has 4 rings (SSSR count). The molecule has 0 aliphatic carbocycles. The van der Waals surface area contributed by atoms with Gasteiger partial charge < -0.3 is 10.2 Å². The second kappa shape index (κ2) is 7.27. The van der Waals surface area contributed by atoms with Gasteiger partial charge in [-0.25, -0.2) is 13.1 Å². The highest BCUT2D eigenvalue weighted by Crippen LogP contribution is 2.54. The molecule has 2 N–H and O–H groups in total. The number of para-hydroxylation sites is 1. The number of fused-ring (bicyclic) bond motifs is 2. The van der Waals surface area contributed by atoms with Gasteiger partial charge in [0.2, 0.25) is 21.8 Å². The zero-order chi connectivity index (χ0) is 20.6. The molecule has 1 spiro atoms. The van der Waals surface area contributed by atoms with Crippen molar-refractivity contribution in [3.05, 3.63) is 65.7 Å². The lowest BCUT2D eigenvalue weighted by molar-refractivity contribution is -0.133. The molecule has 2 aromatic carbocycles. The smallest absolute Gasteiger partial charge is 0.237 e. The minimum Gasteiger partial charge on any atom is -0.334 e. The number of nitrogens with one attached hydrogen (secondary N) is 2. The number of anilines is 1. The lowest BCUT2D eigenvalue weighted by atomic mass is 9.72. The summed E-state index contributed by atoms with van der Waals surface area (Å²) in [5.41, 5.74) is 1.73. The Labute approximate surface area is 170 Å². The van der Waals surface area contributed by atoms with Crippen LogP contribution in [0, 0.1) is 0 Å². The van der Waals surface area contributed by atoms with Crippen molar-refractivity contribution >= 4 is 27.5 Å². The first-order chi connectivity index (χ1) is 13.8. The predicted molar refractivity (Wildman–Crippen MR) is 110 cm³/mol. The molecule has 2 atom stereocenters. The van der Waals surface area contributed by atoms with Crippen LogP contribution >= 0.6 is 0 Å². The number of hydrogen-bond acceptors (Lipinski definition) is 4. The summed E-state index contributed by atoms with van der Waals surface area (Å²) in [6, 6.07) is 16.7. The number of carbonyl (C=O) groups is 2. The topological polar surface area (TPSA) is 95.6 Å². The van der Waals surface area contributed by atoms with E-state index >= 15 is 0 Å². The highest BCUT2D eigenvalue weighted by Gasteiger charge is 2.59. The standard InChI is InChI=1S/C21H23N3O4S/c1-29(27,28)22-13-11-18(25)24-14-12-21(19(24)15-7-3-2-4-8-15)16-9-5-6-10-17(16)23-20(21)26/h2-10,19,22H,11-14H2,1H3,(H,23,26)/t19-,21+/m0/s1. The summed E-state index contributed by atoms with van der Waals surface area (Å²) in [4.78, 5) is 28.0. The summed E-state index contributed by atoms with van der Waals surface area (Å²) in [6.45, 7) is 0.463. The van der Waals surface area contributed by atoms with Crippen molar-refractivity contribution in [3.8, 4) is 0 Å². The van der Waals surface area contributed by atoms with E-state index in [0.29, 0.717) is 13.0 Å². The van der Waals surface area contributed by atoms with E-state index in [4.69, 9.17) is 0 Å². The van der Waals surface area contributed by atoms with Crippen LogP contribution < -0.4 is 10.0 Å². The lowest BCUT2D eigenvalue weighted by Crippen LogP contribution is -2.43. The van der Waals surface area contributed by atoms with Gasteiger partial charge in [-0.15, -0.1) is 0 Å². The number of benzene rings is 2. The second-order valence-corrected chi connectivity index (χ2v) is 9.37. The molecule has 8 heteroatoms. The van der Waals surface area contributed by atoms with Crippen LogP contribution in [0.3, 0.4) is 0 Å². The largest absolute Gasteiger partial charge is 0.334 e. The molecular weight excluding hydrogens is 390 g/mol. The molecule has 0 unspecified atom stereocenters. The molecule has 7 nitrogen and oxygen atoms in total. The molecule has 0 bridgehead atoms. The highest BCUT2D eigenvalue weighted by atomic mass is 32.2. The summed E-state index contributed by atoms with van der Waals surface area (Å²) in [7, 11) is -3.36. The summed E-state index contributed by atoms with van der Waals surface area (Å²) < 4.78 is 25.0. The van der Waals surface area contributed by atoms with Gasteiger partial charge in [0.25, 0.3) is 0 Å².